The number of benzene rings is 1. The van der Waals surface area contributed by atoms with Gasteiger partial charge in [-0.2, -0.15) is 0 Å². The Morgan fingerprint density at radius 3 is 2.42 bits per heavy atom. The Morgan fingerprint density at radius 1 is 1.12 bits per heavy atom. The van der Waals surface area contributed by atoms with E-state index in [4.69, 9.17) is 0 Å². The Kier molecular flexibility index (Phi) is 6.33. The molecule has 0 saturated carbocycles. The Bertz CT molecular complexity index is 749. The minimum Gasteiger partial charge on any atom is -0.339 e. The maximum absolute atomic E-state index is 12.6. The first kappa shape index (κ1) is 18.5. The third-order valence-corrected chi connectivity index (χ3v) is 5.48. The summed E-state index contributed by atoms with van der Waals surface area (Å²) in [6.45, 7) is 1.67. The van der Waals surface area contributed by atoms with Gasteiger partial charge in [0.1, 0.15) is 0 Å². The zero-order chi connectivity index (χ0) is 18.4. The zero-order valence-electron chi connectivity index (χ0n) is 15.0. The van der Waals surface area contributed by atoms with Crippen LogP contribution in [0.4, 0.5) is 5.69 Å². The lowest BCUT2D eigenvalue weighted by Gasteiger charge is -2.20. The fourth-order valence-corrected chi connectivity index (χ4v) is 3.70. The van der Waals surface area contributed by atoms with Crippen LogP contribution < -0.4 is 5.32 Å². The summed E-state index contributed by atoms with van der Waals surface area (Å²) in [7, 11) is 1.90. The van der Waals surface area contributed by atoms with Crippen LogP contribution in [0.15, 0.2) is 41.8 Å². The first-order chi connectivity index (χ1) is 12.6. The van der Waals surface area contributed by atoms with Crippen molar-refractivity contribution in [2.24, 2.45) is 7.05 Å². The molecule has 0 unspecified atom stereocenters. The van der Waals surface area contributed by atoms with E-state index in [9.17, 15) is 9.59 Å². The van der Waals surface area contributed by atoms with Crippen molar-refractivity contribution in [2.45, 2.75) is 30.8 Å². The molecule has 1 fully saturated rings. The molecule has 0 radical (unpaired) electrons. The zero-order valence-corrected chi connectivity index (χ0v) is 15.8. The molecule has 2 aromatic rings. The average Bonchev–Trinajstić information content (AvgIpc) is 2.88. The fraction of sp³-hybridized carbons (Fsp3) is 0.421. The van der Waals surface area contributed by atoms with Gasteiger partial charge in [-0.1, -0.05) is 24.6 Å². The lowest BCUT2D eigenvalue weighted by Crippen LogP contribution is -2.31. The van der Waals surface area contributed by atoms with Gasteiger partial charge in [0, 0.05) is 43.8 Å². The Labute approximate surface area is 158 Å². The molecule has 1 aromatic carbocycles. The van der Waals surface area contributed by atoms with E-state index < -0.39 is 0 Å². The van der Waals surface area contributed by atoms with Crippen molar-refractivity contribution in [3.63, 3.8) is 0 Å². The Hall–Kier alpha value is -2.28. The van der Waals surface area contributed by atoms with Gasteiger partial charge in [0.15, 0.2) is 5.16 Å². The molecule has 3 rings (SSSR count). The number of carbonyl (C=O) groups is 2. The van der Waals surface area contributed by atoms with Crippen molar-refractivity contribution in [1.82, 2.24) is 14.5 Å². The summed E-state index contributed by atoms with van der Waals surface area (Å²) >= 11 is 1.39. The number of amides is 2. The summed E-state index contributed by atoms with van der Waals surface area (Å²) in [6.07, 6.45) is 8.11. The highest BCUT2D eigenvalue weighted by Crippen LogP contribution is 2.17. The summed E-state index contributed by atoms with van der Waals surface area (Å²) in [5.41, 5.74) is 1.37. The highest BCUT2D eigenvalue weighted by molar-refractivity contribution is 7.99. The van der Waals surface area contributed by atoms with E-state index in [1.165, 1.54) is 24.6 Å². The second-order valence-electron chi connectivity index (χ2n) is 6.44. The molecule has 1 aliphatic heterocycles. The van der Waals surface area contributed by atoms with Crippen LogP contribution in [-0.2, 0) is 11.8 Å². The van der Waals surface area contributed by atoms with Crippen LogP contribution in [0.1, 0.15) is 36.0 Å². The smallest absolute Gasteiger partial charge is 0.253 e. The summed E-state index contributed by atoms with van der Waals surface area (Å²) in [4.78, 5) is 30.8. The molecular weight excluding hydrogens is 348 g/mol. The first-order valence-corrected chi connectivity index (χ1v) is 9.91. The lowest BCUT2D eigenvalue weighted by molar-refractivity contribution is -0.113. The van der Waals surface area contributed by atoms with Crippen molar-refractivity contribution in [3.05, 3.63) is 42.2 Å². The predicted molar refractivity (Wildman–Crippen MR) is 103 cm³/mol. The number of likely N-dealkylation sites (tertiary alicyclic amines) is 1. The van der Waals surface area contributed by atoms with Gasteiger partial charge in [-0.05, 0) is 37.1 Å². The summed E-state index contributed by atoms with van der Waals surface area (Å²) in [5, 5.41) is 3.66. The number of aromatic nitrogens is 2. The van der Waals surface area contributed by atoms with Gasteiger partial charge in [0.2, 0.25) is 5.91 Å². The number of anilines is 1. The van der Waals surface area contributed by atoms with E-state index in [0.29, 0.717) is 17.0 Å². The number of nitrogens with one attached hydrogen (secondary N) is 1. The van der Waals surface area contributed by atoms with Gasteiger partial charge < -0.3 is 14.8 Å². The van der Waals surface area contributed by atoms with Crippen LogP contribution in [0.2, 0.25) is 0 Å². The van der Waals surface area contributed by atoms with Crippen molar-refractivity contribution >= 4 is 29.3 Å². The second kappa shape index (κ2) is 8.89. The highest BCUT2D eigenvalue weighted by atomic mass is 32.2. The van der Waals surface area contributed by atoms with Crippen LogP contribution in [0.5, 0.6) is 0 Å². The standard InChI is InChI=1S/C19H24N4O2S/c1-22-13-10-20-19(22)26-14-17(24)21-16-8-6-15(7-9-16)18(25)23-11-4-2-3-5-12-23/h6-10,13H,2-5,11-12,14H2,1H3,(H,21,24). The van der Waals surface area contributed by atoms with Crippen LogP contribution in [0.3, 0.4) is 0 Å². The molecule has 1 aromatic heterocycles. The number of nitrogens with zero attached hydrogens (tertiary/aromatic N) is 3. The second-order valence-corrected chi connectivity index (χ2v) is 7.38. The third kappa shape index (κ3) is 4.88. The largest absolute Gasteiger partial charge is 0.339 e. The van der Waals surface area contributed by atoms with Crippen molar-refractivity contribution in [2.75, 3.05) is 24.2 Å². The molecule has 0 bridgehead atoms. The van der Waals surface area contributed by atoms with E-state index in [0.717, 1.165) is 31.1 Å². The van der Waals surface area contributed by atoms with Gasteiger partial charge in [0.05, 0.1) is 5.75 Å². The van der Waals surface area contributed by atoms with Gasteiger partial charge in [-0.25, -0.2) is 4.98 Å². The van der Waals surface area contributed by atoms with Gasteiger partial charge in [-0.15, -0.1) is 0 Å². The molecule has 2 amide bonds. The topological polar surface area (TPSA) is 67.2 Å². The summed E-state index contributed by atoms with van der Waals surface area (Å²) in [6, 6.07) is 7.15. The molecule has 26 heavy (non-hydrogen) atoms. The van der Waals surface area contributed by atoms with Gasteiger partial charge >= 0.3 is 0 Å². The van der Waals surface area contributed by atoms with E-state index in [-0.39, 0.29) is 11.8 Å². The quantitative estimate of drug-likeness (QED) is 0.819. The maximum atomic E-state index is 12.6. The SMILES string of the molecule is Cn1ccnc1SCC(=O)Nc1ccc(C(=O)N2CCCCCC2)cc1. The van der Waals surface area contributed by atoms with Crippen molar-refractivity contribution in [3.8, 4) is 0 Å². The average molecular weight is 372 g/mol. The van der Waals surface area contributed by atoms with Crippen molar-refractivity contribution in [1.29, 1.82) is 0 Å². The molecule has 2 heterocycles. The molecule has 1 saturated heterocycles. The molecule has 0 aliphatic carbocycles. The minimum atomic E-state index is -0.0930. The molecule has 7 heteroatoms. The fourth-order valence-electron chi connectivity index (χ4n) is 2.97. The van der Waals surface area contributed by atoms with Gasteiger partial charge in [0.25, 0.3) is 5.91 Å². The first-order valence-electron chi connectivity index (χ1n) is 8.93. The molecule has 138 valence electrons. The molecule has 1 N–H and O–H groups in total. The monoisotopic (exact) mass is 372 g/mol. The number of hydrogen-bond acceptors (Lipinski definition) is 4. The predicted octanol–water partition coefficient (Wildman–Crippen LogP) is 3.17. The third-order valence-electron chi connectivity index (χ3n) is 4.42. The molecule has 0 atom stereocenters. The number of carbonyl (C=O) groups excluding carboxylic acids is 2. The Morgan fingerprint density at radius 2 is 1.81 bits per heavy atom. The van der Waals surface area contributed by atoms with E-state index in [1.54, 1.807) is 30.5 Å². The lowest BCUT2D eigenvalue weighted by atomic mass is 10.1. The number of rotatable bonds is 5. The number of imidazole rings is 1. The van der Waals surface area contributed by atoms with E-state index in [2.05, 4.69) is 10.3 Å². The molecule has 1 aliphatic rings. The van der Waals surface area contributed by atoms with Gasteiger partial charge in [-0.3, -0.25) is 9.59 Å². The van der Waals surface area contributed by atoms with Crippen molar-refractivity contribution < 1.29 is 9.59 Å². The normalized spacial score (nSPS) is 14.7. The maximum Gasteiger partial charge on any atom is 0.253 e. The van der Waals surface area contributed by atoms with Crippen LogP contribution >= 0.6 is 11.8 Å². The molecule has 6 nitrogen and oxygen atoms in total. The number of hydrogen-bond donors (Lipinski definition) is 1. The Balaban J connectivity index is 1.52. The molecule has 0 spiro atoms. The number of aryl methyl sites for hydroxylation is 1. The van der Waals surface area contributed by atoms with E-state index in [1.807, 2.05) is 22.7 Å². The summed E-state index contributed by atoms with van der Waals surface area (Å²) < 4.78 is 1.88. The van der Waals surface area contributed by atoms with E-state index >= 15 is 0 Å². The molecular formula is C19H24N4O2S. The van der Waals surface area contributed by atoms with Crippen LogP contribution in [0.25, 0.3) is 0 Å². The van der Waals surface area contributed by atoms with Crippen LogP contribution in [0, 0.1) is 0 Å². The van der Waals surface area contributed by atoms with Crippen LogP contribution in [-0.4, -0.2) is 45.1 Å². The highest BCUT2D eigenvalue weighted by Gasteiger charge is 2.17. The number of thioether (sulfide) groups is 1. The summed E-state index contributed by atoms with van der Waals surface area (Å²) in [5.74, 6) is 0.277. The minimum absolute atomic E-state index is 0.0788.